The second-order valence-corrected chi connectivity index (χ2v) is 9.77. The summed E-state index contributed by atoms with van der Waals surface area (Å²) in [6, 6.07) is 3.47. The predicted molar refractivity (Wildman–Crippen MR) is 111 cm³/mol. The Balaban J connectivity index is 1.50. The second kappa shape index (κ2) is 8.64. The first-order valence-electron chi connectivity index (χ1n) is 11.4. The number of amides is 2. The SMILES string of the molecule is CC(C)C[C@H]1C(=O)N[C@@H](C2CCCCC2)CN1C(=O)[C@@H]1C[C@H]1c1ccc(F)c(F)c1. The van der Waals surface area contributed by atoms with E-state index in [2.05, 4.69) is 19.2 Å². The fraction of sp³-hybridized carbons (Fsp3) is 0.667. The maximum Gasteiger partial charge on any atom is 0.243 e. The van der Waals surface area contributed by atoms with E-state index in [9.17, 15) is 18.4 Å². The molecule has 2 saturated carbocycles. The fourth-order valence-corrected chi connectivity index (χ4v) is 5.33. The quantitative estimate of drug-likeness (QED) is 0.771. The van der Waals surface area contributed by atoms with E-state index >= 15 is 0 Å². The van der Waals surface area contributed by atoms with Crippen LogP contribution in [0.25, 0.3) is 0 Å². The maximum atomic E-state index is 13.6. The Kier molecular flexibility index (Phi) is 6.12. The molecule has 4 atom stereocenters. The van der Waals surface area contributed by atoms with Crippen molar-refractivity contribution < 1.29 is 18.4 Å². The number of nitrogens with one attached hydrogen (secondary N) is 1. The van der Waals surface area contributed by atoms with Crippen molar-refractivity contribution in [3.8, 4) is 0 Å². The van der Waals surface area contributed by atoms with Crippen LogP contribution < -0.4 is 5.32 Å². The molecule has 0 aromatic heterocycles. The van der Waals surface area contributed by atoms with E-state index in [1.807, 2.05) is 4.90 Å². The molecule has 2 aliphatic carbocycles. The number of hydrogen-bond donors (Lipinski definition) is 1. The summed E-state index contributed by atoms with van der Waals surface area (Å²) in [4.78, 5) is 28.2. The Hall–Kier alpha value is -1.98. The van der Waals surface area contributed by atoms with E-state index in [0.717, 1.165) is 18.9 Å². The molecule has 1 heterocycles. The van der Waals surface area contributed by atoms with E-state index in [1.54, 1.807) is 6.07 Å². The molecule has 0 unspecified atom stereocenters. The van der Waals surface area contributed by atoms with Gasteiger partial charge in [-0.05, 0) is 61.1 Å². The summed E-state index contributed by atoms with van der Waals surface area (Å²) in [5.41, 5.74) is 0.665. The molecule has 0 spiro atoms. The minimum Gasteiger partial charge on any atom is -0.350 e. The van der Waals surface area contributed by atoms with Crippen LogP contribution >= 0.6 is 0 Å². The highest BCUT2D eigenvalue weighted by atomic mass is 19.2. The maximum absolute atomic E-state index is 13.6. The normalized spacial score (nSPS) is 29.8. The average molecular weight is 419 g/mol. The number of carbonyl (C=O) groups is 2. The molecule has 4 nitrogen and oxygen atoms in total. The number of piperazine rings is 1. The van der Waals surface area contributed by atoms with Crippen LogP contribution in [0.3, 0.4) is 0 Å². The third-order valence-electron chi connectivity index (χ3n) is 7.08. The van der Waals surface area contributed by atoms with Crippen LogP contribution in [-0.2, 0) is 9.59 Å². The highest BCUT2D eigenvalue weighted by Crippen LogP contribution is 2.49. The van der Waals surface area contributed by atoms with Crippen LogP contribution in [0.4, 0.5) is 8.78 Å². The highest BCUT2D eigenvalue weighted by Gasteiger charge is 2.50. The monoisotopic (exact) mass is 418 g/mol. The zero-order chi connectivity index (χ0) is 21.4. The number of halogens is 2. The molecule has 30 heavy (non-hydrogen) atoms. The third kappa shape index (κ3) is 4.37. The number of nitrogens with zero attached hydrogens (tertiary/aromatic N) is 1. The van der Waals surface area contributed by atoms with Crippen LogP contribution in [0.1, 0.15) is 70.3 Å². The molecule has 2 amide bonds. The number of benzene rings is 1. The molecule has 1 aromatic rings. The summed E-state index contributed by atoms with van der Waals surface area (Å²) in [6.45, 7) is 4.68. The van der Waals surface area contributed by atoms with Gasteiger partial charge in [0.05, 0.1) is 0 Å². The van der Waals surface area contributed by atoms with E-state index < -0.39 is 17.7 Å². The van der Waals surface area contributed by atoms with Gasteiger partial charge in [-0.1, -0.05) is 39.2 Å². The van der Waals surface area contributed by atoms with Crippen molar-refractivity contribution in [3.05, 3.63) is 35.4 Å². The molecule has 1 saturated heterocycles. The van der Waals surface area contributed by atoms with Gasteiger partial charge in [0.2, 0.25) is 11.8 Å². The minimum absolute atomic E-state index is 0.00829. The predicted octanol–water partition coefficient (Wildman–Crippen LogP) is 4.39. The van der Waals surface area contributed by atoms with Gasteiger partial charge in [-0.2, -0.15) is 0 Å². The Labute approximate surface area is 177 Å². The van der Waals surface area contributed by atoms with Crippen molar-refractivity contribution in [2.24, 2.45) is 17.8 Å². The molecular formula is C24H32F2N2O2. The molecule has 6 heteroatoms. The van der Waals surface area contributed by atoms with Gasteiger partial charge >= 0.3 is 0 Å². The third-order valence-corrected chi connectivity index (χ3v) is 7.08. The zero-order valence-electron chi connectivity index (χ0n) is 17.9. The van der Waals surface area contributed by atoms with Crippen LogP contribution in [-0.4, -0.2) is 35.3 Å². The van der Waals surface area contributed by atoms with E-state index in [4.69, 9.17) is 0 Å². The molecule has 1 aliphatic heterocycles. The zero-order valence-corrected chi connectivity index (χ0v) is 17.9. The average Bonchev–Trinajstić information content (AvgIpc) is 3.52. The van der Waals surface area contributed by atoms with Gasteiger partial charge < -0.3 is 10.2 Å². The molecular weight excluding hydrogens is 386 g/mol. The lowest BCUT2D eigenvalue weighted by Crippen LogP contribution is -2.64. The minimum atomic E-state index is -0.877. The fourth-order valence-electron chi connectivity index (χ4n) is 5.33. The first-order valence-corrected chi connectivity index (χ1v) is 11.4. The number of hydrogen-bond acceptors (Lipinski definition) is 2. The van der Waals surface area contributed by atoms with Gasteiger partial charge in [0.15, 0.2) is 11.6 Å². The second-order valence-electron chi connectivity index (χ2n) is 9.77. The van der Waals surface area contributed by atoms with Gasteiger partial charge in [-0.3, -0.25) is 9.59 Å². The summed E-state index contributed by atoms with van der Waals surface area (Å²) in [7, 11) is 0. The van der Waals surface area contributed by atoms with Crippen LogP contribution in [0.5, 0.6) is 0 Å². The van der Waals surface area contributed by atoms with Crippen LogP contribution in [0.2, 0.25) is 0 Å². The van der Waals surface area contributed by atoms with Crippen LogP contribution in [0, 0.1) is 29.4 Å². The van der Waals surface area contributed by atoms with Crippen molar-refractivity contribution in [2.75, 3.05) is 6.54 Å². The first kappa shape index (κ1) is 21.3. The van der Waals surface area contributed by atoms with E-state index in [1.165, 1.54) is 25.3 Å². The highest BCUT2D eigenvalue weighted by molar-refractivity contribution is 5.91. The lowest BCUT2D eigenvalue weighted by atomic mass is 9.82. The van der Waals surface area contributed by atoms with Gasteiger partial charge in [0.1, 0.15) is 6.04 Å². The van der Waals surface area contributed by atoms with Crippen molar-refractivity contribution in [1.29, 1.82) is 0 Å². The van der Waals surface area contributed by atoms with Gasteiger partial charge in [-0.25, -0.2) is 8.78 Å². The molecule has 0 bridgehead atoms. The molecule has 0 radical (unpaired) electrons. The Morgan fingerprint density at radius 3 is 2.57 bits per heavy atom. The summed E-state index contributed by atoms with van der Waals surface area (Å²) in [5.74, 6) is -1.41. The van der Waals surface area contributed by atoms with Gasteiger partial charge in [0.25, 0.3) is 0 Å². The molecule has 164 valence electrons. The standard InChI is InChI=1S/C24H32F2N2O2/c1-14(2)10-22-23(29)27-21(15-6-4-3-5-7-15)13-28(22)24(30)18-12-17(18)16-8-9-19(25)20(26)11-16/h8-9,11,14-15,17-18,21-22H,3-7,10,12-13H2,1-2H3,(H,27,29)/t17-,18+,21+,22-/m0/s1. The summed E-state index contributed by atoms with van der Waals surface area (Å²) < 4.78 is 26.9. The largest absolute Gasteiger partial charge is 0.350 e. The molecule has 1 aromatic carbocycles. The van der Waals surface area contributed by atoms with E-state index in [0.29, 0.717) is 36.8 Å². The number of carbonyl (C=O) groups excluding carboxylic acids is 2. The smallest absolute Gasteiger partial charge is 0.243 e. The van der Waals surface area contributed by atoms with Gasteiger partial charge in [0, 0.05) is 18.5 Å². The van der Waals surface area contributed by atoms with Crippen molar-refractivity contribution in [1.82, 2.24) is 10.2 Å². The molecule has 3 fully saturated rings. The Bertz CT molecular complexity index is 806. The van der Waals surface area contributed by atoms with Crippen molar-refractivity contribution in [3.63, 3.8) is 0 Å². The Morgan fingerprint density at radius 1 is 1.17 bits per heavy atom. The lowest BCUT2D eigenvalue weighted by Gasteiger charge is -2.43. The summed E-state index contributed by atoms with van der Waals surface area (Å²) in [5, 5.41) is 3.22. The van der Waals surface area contributed by atoms with Crippen molar-refractivity contribution in [2.45, 2.75) is 76.8 Å². The van der Waals surface area contributed by atoms with E-state index in [-0.39, 0.29) is 29.7 Å². The molecule has 3 aliphatic rings. The lowest BCUT2D eigenvalue weighted by molar-refractivity contribution is -0.147. The Morgan fingerprint density at radius 2 is 1.90 bits per heavy atom. The summed E-state index contributed by atoms with van der Waals surface area (Å²) >= 11 is 0. The molecule has 4 rings (SSSR count). The topological polar surface area (TPSA) is 49.4 Å². The first-order chi connectivity index (χ1) is 14.3. The van der Waals surface area contributed by atoms with Crippen LogP contribution in [0.15, 0.2) is 18.2 Å². The number of rotatable bonds is 5. The van der Waals surface area contributed by atoms with Gasteiger partial charge in [-0.15, -0.1) is 0 Å². The summed E-state index contributed by atoms with van der Waals surface area (Å²) in [6.07, 6.45) is 7.07. The van der Waals surface area contributed by atoms with Crippen molar-refractivity contribution >= 4 is 11.8 Å². The molecule has 1 N–H and O–H groups in total.